The maximum Gasteiger partial charge on any atom is 0.224 e. The second kappa shape index (κ2) is 8.55. The summed E-state index contributed by atoms with van der Waals surface area (Å²) in [5, 5.41) is 1.89. The summed E-state index contributed by atoms with van der Waals surface area (Å²) < 4.78 is 19.0. The van der Waals surface area contributed by atoms with E-state index >= 15 is 0 Å². The van der Waals surface area contributed by atoms with Gasteiger partial charge in [-0.25, -0.2) is 4.39 Å². The van der Waals surface area contributed by atoms with Gasteiger partial charge in [0, 0.05) is 39.0 Å². The lowest BCUT2D eigenvalue weighted by molar-refractivity contribution is -0.183. The highest BCUT2D eigenvalue weighted by molar-refractivity contribution is 5.76. The summed E-state index contributed by atoms with van der Waals surface area (Å²) in [7, 11) is 0. The van der Waals surface area contributed by atoms with Crippen LogP contribution in [0.1, 0.15) is 24.8 Å². The number of carbonyl (C=O) groups excluding carboxylic acids is 1. The van der Waals surface area contributed by atoms with Crippen molar-refractivity contribution in [3.05, 3.63) is 35.6 Å². The molecule has 0 aromatic heterocycles. The molecular weight excluding hydrogens is 311 g/mol. The quantitative estimate of drug-likeness (QED) is 0.825. The summed E-state index contributed by atoms with van der Waals surface area (Å²) in [6, 6.07) is 6.55. The zero-order valence-electron chi connectivity index (χ0n) is 14.0. The number of morpholine rings is 1. The summed E-state index contributed by atoms with van der Waals surface area (Å²) in [4.78, 5) is 19.8. The molecule has 0 unspecified atom stereocenters. The van der Waals surface area contributed by atoms with Crippen LogP contribution in [0.5, 0.6) is 0 Å². The molecule has 2 saturated heterocycles. The normalized spacial score (nSPS) is 22.5. The predicted octanol–water partition coefficient (Wildman–Crippen LogP) is 2.01. The SMILES string of the molecule is O=C(CCN1CCCCO1)N1CCO[C@H](Cc2cccc(F)c2)C1. The fraction of sp³-hybridized carbons (Fsp3) is 0.611. The predicted molar refractivity (Wildman–Crippen MR) is 87.8 cm³/mol. The lowest BCUT2D eigenvalue weighted by atomic mass is 10.1. The van der Waals surface area contributed by atoms with Gasteiger partial charge in [0.15, 0.2) is 0 Å². The first-order valence-electron chi connectivity index (χ1n) is 8.72. The van der Waals surface area contributed by atoms with E-state index in [1.165, 1.54) is 12.1 Å². The smallest absolute Gasteiger partial charge is 0.224 e. The van der Waals surface area contributed by atoms with Crippen LogP contribution in [-0.2, 0) is 20.8 Å². The van der Waals surface area contributed by atoms with E-state index in [0.717, 1.165) is 31.6 Å². The van der Waals surface area contributed by atoms with Gasteiger partial charge in [0.05, 0.1) is 19.3 Å². The molecule has 5 nitrogen and oxygen atoms in total. The zero-order chi connectivity index (χ0) is 16.8. The van der Waals surface area contributed by atoms with Gasteiger partial charge in [-0.1, -0.05) is 12.1 Å². The molecule has 0 saturated carbocycles. The molecule has 0 bridgehead atoms. The van der Waals surface area contributed by atoms with Crippen LogP contribution >= 0.6 is 0 Å². The minimum atomic E-state index is -0.238. The van der Waals surface area contributed by atoms with E-state index in [1.807, 2.05) is 16.0 Å². The van der Waals surface area contributed by atoms with Crippen molar-refractivity contribution in [1.29, 1.82) is 0 Å². The number of hydrogen-bond donors (Lipinski definition) is 0. The zero-order valence-corrected chi connectivity index (χ0v) is 14.0. The van der Waals surface area contributed by atoms with Crippen LogP contribution in [0.2, 0.25) is 0 Å². The third-order valence-electron chi connectivity index (χ3n) is 4.49. The highest BCUT2D eigenvalue weighted by atomic mass is 19.1. The van der Waals surface area contributed by atoms with Gasteiger partial charge in [-0.05, 0) is 30.5 Å². The highest BCUT2D eigenvalue weighted by Gasteiger charge is 2.25. The first kappa shape index (κ1) is 17.3. The third-order valence-corrected chi connectivity index (χ3v) is 4.49. The number of hydroxylamine groups is 2. The number of nitrogens with zero attached hydrogens (tertiary/aromatic N) is 2. The molecule has 24 heavy (non-hydrogen) atoms. The van der Waals surface area contributed by atoms with Crippen molar-refractivity contribution in [2.24, 2.45) is 0 Å². The van der Waals surface area contributed by atoms with Crippen LogP contribution in [0.3, 0.4) is 0 Å². The molecular formula is C18H25FN2O3. The van der Waals surface area contributed by atoms with E-state index in [0.29, 0.717) is 39.1 Å². The first-order valence-corrected chi connectivity index (χ1v) is 8.72. The van der Waals surface area contributed by atoms with Gasteiger partial charge >= 0.3 is 0 Å². The Morgan fingerprint density at radius 1 is 1.25 bits per heavy atom. The molecule has 1 aromatic rings. The van der Waals surface area contributed by atoms with Crippen LogP contribution in [0, 0.1) is 5.82 Å². The van der Waals surface area contributed by atoms with Crippen LogP contribution in [0.4, 0.5) is 4.39 Å². The molecule has 2 heterocycles. The van der Waals surface area contributed by atoms with E-state index < -0.39 is 0 Å². The molecule has 2 fully saturated rings. The van der Waals surface area contributed by atoms with Gasteiger partial charge in [0.2, 0.25) is 5.91 Å². The number of carbonyl (C=O) groups is 1. The molecule has 1 aromatic carbocycles. The van der Waals surface area contributed by atoms with Gasteiger partial charge in [-0.15, -0.1) is 0 Å². The lowest BCUT2D eigenvalue weighted by Crippen LogP contribution is -2.47. The number of rotatable bonds is 5. The Kier molecular flexibility index (Phi) is 6.18. The monoisotopic (exact) mass is 336 g/mol. The minimum Gasteiger partial charge on any atom is -0.374 e. The Morgan fingerprint density at radius 2 is 2.17 bits per heavy atom. The minimum absolute atomic E-state index is 0.0734. The van der Waals surface area contributed by atoms with E-state index in [2.05, 4.69) is 0 Å². The largest absolute Gasteiger partial charge is 0.374 e. The van der Waals surface area contributed by atoms with Crippen LogP contribution in [0.25, 0.3) is 0 Å². The maximum atomic E-state index is 13.3. The molecule has 0 radical (unpaired) electrons. The highest BCUT2D eigenvalue weighted by Crippen LogP contribution is 2.14. The first-order chi connectivity index (χ1) is 11.7. The Labute approximate surface area is 142 Å². The van der Waals surface area contributed by atoms with Crippen molar-refractivity contribution in [2.45, 2.75) is 31.8 Å². The second-order valence-electron chi connectivity index (χ2n) is 6.39. The third kappa shape index (κ3) is 5.00. The summed E-state index contributed by atoms with van der Waals surface area (Å²) in [5.74, 6) is -0.102. The second-order valence-corrected chi connectivity index (χ2v) is 6.39. The van der Waals surface area contributed by atoms with Gasteiger partial charge in [0.25, 0.3) is 0 Å². The average molecular weight is 336 g/mol. The van der Waals surface area contributed by atoms with E-state index in [1.54, 1.807) is 6.07 Å². The van der Waals surface area contributed by atoms with E-state index in [-0.39, 0.29) is 17.8 Å². The van der Waals surface area contributed by atoms with E-state index in [4.69, 9.17) is 9.57 Å². The number of halogens is 1. The van der Waals surface area contributed by atoms with Gasteiger partial charge < -0.3 is 9.64 Å². The number of benzene rings is 1. The summed E-state index contributed by atoms with van der Waals surface area (Å²) >= 11 is 0. The van der Waals surface area contributed by atoms with Gasteiger partial charge in [-0.2, -0.15) is 5.06 Å². The maximum absolute atomic E-state index is 13.3. The van der Waals surface area contributed by atoms with Crippen molar-refractivity contribution in [3.63, 3.8) is 0 Å². The molecule has 2 aliphatic heterocycles. The Morgan fingerprint density at radius 3 is 2.96 bits per heavy atom. The average Bonchev–Trinajstić information content (AvgIpc) is 2.61. The molecule has 3 rings (SSSR count). The van der Waals surface area contributed by atoms with Crippen LogP contribution in [-0.4, -0.2) is 61.4 Å². The number of hydrogen-bond acceptors (Lipinski definition) is 4. The number of amides is 1. The molecule has 0 aliphatic carbocycles. The summed E-state index contributed by atoms with van der Waals surface area (Å²) in [6.45, 7) is 4.02. The van der Waals surface area contributed by atoms with Crippen molar-refractivity contribution in [1.82, 2.24) is 9.96 Å². The standard InChI is InChI=1S/C18H25FN2O3/c19-16-5-3-4-15(12-16)13-17-14-20(9-11-23-17)18(22)6-8-21-7-1-2-10-24-21/h3-5,12,17H,1-2,6-11,13-14H2/t17-/m1/s1. The van der Waals surface area contributed by atoms with Gasteiger partial charge in [-0.3, -0.25) is 9.63 Å². The van der Waals surface area contributed by atoms with Crippen molar-refractivity contribution in [3.8, 4) is 0 Å². The summed E-state index contributed by atoms with van der Waals surface area (Å²) in [6.07, 6.45) is 3.23. The Bertz CT molecular complexity index is 549. The fourth-order valence-electron chi connectivity index (χ4n) is 3.20. The fourth-order valence-corrected chi connectivity index (χ4v) is 3.20. The van der Waals surface area contributed by atoms with Gasteiger partial charge in [0.1, 0.15) is 5.82 Å². The molecule has 0 N–H and O–H groups in total. The molecule has 1 amide bonds. The molecule has 0 spiro atoms. The van der Waals surface area contributed by atoms with Crippen molar-refractivity contribution < 1.29 is 18.8 Å². The Balaban J connectivity index is 1.46. The molecule has 6 heteroatoms. The van der Waals surface area contributed by atoms with E-state index in [9.17, 15) is 9.18 Å². The topological polar surface area (TPSA) is 42.0 Å². The molecule has 132 valence electrons. The number of ether oxygens (including phenoxy) is 1. The molecule has 2 aliphatic rings. The van der Waals surface area contributed by atoms with Crippen LogP contribution in [0.15, 0.2) is 24.3 Å². The van der Waals surface area contributed by atoms with Crippen molar-refractivity contribution >= 4 is 5.91 Å². The van der Waals surface area contributed by atoms with Crippen LogP contribution < -0.4 is 0 Å². The van der Waals surface area contributed by atoms with Crippen molar-refractivity contribution in [2.75, 3.05) is 39.4 Å². The summed E-state index contributed by atoms with van der Waals surface area (Å²) in [5.41, 5.74) is 0.899. The Hall–Kier alpha value is -1.50. The lowest BCUT2D eigenvalue weighted by Gasteiger charge is -2.34. The molecule has 1 atom stereocenters.